The molecule has 3 rings (SSSR count). The molecule has 0 saturated heterocycles. The molecule has 1 aromatic heterocycles. The van der Waals surface area contributed by atoms with Gasteiger partial charge < -0.3 is 15.0 Å². The number of rotatable bonds is 4. The van der Waals surface area contributed by atoms with Crippen molar-refractivity contribution in [2.24, 2.45) is 5.92 Å². The number of benzene rings is 2. The van der Waals surface area contributed by atoms with Crippen LogP contribution in [0, 0.1) is 5.92 Å². The van der Waals surface area contributed by atoms with Crippen LogP contribution in [0.3, 0.4) is 0 Å². The molecule has 2 aromatic carbocycles. The lowest BCUT2D eigenvalue weighted by Gasteiger charge is -2.16. The molecule has 26 heavy (non-hydrogen) atoms. The molecule has 1 heterocycles. The van der Waals surface area contributed by atoms with E-state index in [0.717, 1.165) is 4.47 Å². The first kappa shape index (κ1) is 18.2. The number of pyridine rings is 1. The van der Waals surface area contributed by atoms with E-state index in [9.17, 15) is 14.7 Å². The average molecular weight is 415 g/mol. The molecule has 5 nitrogen and oxygen atoms in total. The highest BCUT2D eigenvalue weighted by Gasteiger charge is 2.22. The number of fused-ring (bicyclic) bond motifs is 1. The maximum Gasteiger partial charge on any atom is 0.267 e. The first-order chi connectivity index (χ1) is 12.4. The van der Waals surface area contributed by atoms with Crippen molar-refractivity contribution in [3.05, 3.63) is 68.9 Å². The molecule has 6 heteroatoms. The first-order valence-corrected chi connectivity index (χ1v) is 9.09. The number of carbonyl (C=O) groups is 1. The highest BCUT2D eigenvalue weighted by atomic mass is 79.9. The summed E-state index contributed by atoms with van der Waals surface area (Å²) in [6.07, 6.45) is 0. The number of carbonyl (C=O) groups excluding carboxylic acids is 1. The molecular formula is C20H19BrN2O3. The van der Waals surface area contributed by atoms with Crippen LogP contribution in [-0.2, 0) is 6.54 Å². The Hall–Kier alpha value is -2.60. The Balaban J connectivity index is 2.14. The van der Waals surface area contributed by atoms with Crippen LogP contribution in [0.1, 0.15) is 24.2 Å². The van der Waals surface area contributed by atoms with Gasteiger partial charge in [0.1, 0.15) is 11.3 Å². The third-order valence-corrected chi connectivity index (χ3v) is 4.55. The Morgan fingerprint density at radius 3 is 2.46 bits per heavy atom. The minimum absolute atomic E-state index is 0.211. The molecule has 1 amide bonds. The van der Waals surface area contributed by atoms with Crippen LogP contribution in [0.4, 0.5) is 5.69 Å². The average Bonchev–Trinajstić information content (AvgIpc) is 2.60. The highest BCUT2D eigenvalue weighted by Crippen LogP contribution is 2.27. The fourth-order valence-electron chi connectivity index (χ4n) is 2.87. The van der Waals surface area contributed by atoms with Gasteiger partial charge in [0, 0.05) is 22.1 Å². The van der Waals surface area contributed by atoms with Gasteiger partial charge in [-0.15, -0.1) is 0 Å². The van der Waals surface area contributed by atoms with E-state index in [1.54, 1.807) is 53.1 Å². The van der Waals surface area contributed by atoms with Crippen molar-refractivity contribution in [1.82, 2.24) is 4.57 Å². The third-order valence-electron chi connectivity index (χ3n) is 4.02. The van der Waals surface area contributed by atoms with Gasteiger partial charge in [-0.1, -0.05) is 41.9 Å². The molecule has 0 radical (unpaired) electrons. The predicted octanol–water partition coefficient (Wildman–Crippen LogP) is 4.38. The molecule has 2 N–H and O–H groups in total. The minimum Gasteiger partial charge on any atom is -0.506 e. The standard InChI is InChI=1S/C20H19BrN2O3/c1-12(2)11-23-16-6-4-3-5-15(16)18(24)17(20(23)26)19(25)22-14-9-7-13(21)8-10-14/h3-10,12,24H,11H2,1-2H3,(H,22,25). The highest BCUT2D eigenvalue weighted by molar-refractivity contribution is 9.10. The van der Waals surface area contributed by atoms with Crippen molar-refractivity contribution in [2.45, 2.75) is 20.4 Å². The van der Waals surface area contributed by atoms with E-state index >= 15 is 0 Å². The molecule has 0 aliphatic carbocycles. The lowest BCUT2D eigenvalue weighted by Crippen LogP contribution is -2.31. The van der Waals surface area contributed by atoms with E-state index < -0.39 is 11.5 Å². The van der Waals surface area contributed by atoms with Crippen LogP contribution >= 0.6 is 15.9 Å². The summed E-state index contributed by atoms with van der Waals surface area (Å²) in [5.41, 5.74) is 0.418. The largest absolute Gasteiger partial charge is 0.506 e. The summed E-state index contributed by atoms with van der Waals surface area (Å²) in [6, 6.07) is 14.0. The van der Waals surface area contributed by atoms with Crippen LogP contribution in [0.25, 0.3) is 10.9 Å². The van der Waals surface area contributed by atoms with E-state index in [0.29, 0.717) is 23.1 Å². The molecule has 0 aliphatic rings. The summed E-state index contributed by atoms with van der Waals surface area (Å²) in [5.74, 6) is -0.707. The molecule has 0 spiro atoms. The lowest BCUT2D eigenvalue weighted by atomic mass is 10.1. The molecule has 0 aliphatic heterocycles. The molecule has 3 aromatic rings. The summed E-state index contributed by atoms with van der Waals surface area (Å²) >= 11 is 3.33. The number of anilines is 1. The second-order valence-electron chi connectivity index (χ2n) is 6.51. The van der Waals surface area contributed by atoms with Gasteiger partial charge in [-0.3, -0.25) is 9.59 Å². The Labute approximate surface area is 159 Å². The zero-order valence-electron chi connectivity index (χ0n) is 14.5. The quantitative estimate of drug-likeness (QED) is 0.665. The number of amides is 1. The molecule has 0 atom stereocenters. The summed E-state index contributed by atoms with van der Waals surface area (Å²) in [6.45, 7) is 4.45. The zero-order chi connectivity index (χ0) is 18.8. The Bertz CT molecular complexity index is 1020. The van der Waals surface area contributed by atoms with E-state index in [4.69, 9.17) is 0 Å². The van der Waals surface area contributed by atoms with Gasteiger partial charge in [0.2, 0.25) is 0 Å². The van der Waals surface area contributed by atoms with Crippen molar-refractivity contribution in [3.63, 3.8) is 0 Å². The molecule has 0 fully saturated rings. The maximum atomic E-state index is 13.0. The van der Waals surface area contributed by atoms with Crippen molar-refractivity contribution < 1.29 is 9.90 Å². The van der Waals surface area contributed by atoms with Crippen LogP contribution < -0.4 is 10.9 Å². The van der Waals surface area contributed by atoms with Gasteiger partial charge in [-0.2, -0.15) is 0 Å². The van der Waals surface area contributed by atoms with E-state index in [1.165, 1.54) is 0 Å². The van der Waals surface area contributed by atoms with E-state index in [1.807, 2.05) is 13.8 Å². The molecule has 0 unspecified atom stereocenters. The van der Waals surface area contributed by atoms with E-state index in [-0.39, 0.29) is 17.2 Å². The Morgan fingerprint density at radius 2 is 1.81 bits per heavy atom. The smallest absolute Gasteiger partial charge is 0.267 e. The van der Waals surface area contributed by atoms with Crippen molar-refractivity contribution in [2.75, 3.05) is 5.32 Å². The number of hydrogen-bond acceptors (Lipinski definition) is 3. The number of para-hydroxylation sites is 1. The number of aromatic nitrogens is 1. The molecular weight excluding hydrogens is 396 g/mol. The second-order valence-corrected chi connectivity index (χ2v) is 7.43. The van der Waals surface area contributed by atoms with Crippen molar-refractivity contribution in [1.29, 1.82) is 0 Å². The first-order valence-electron chi connectivity index (χ1n) is 8.30. The number of hydrogen-bond donors (Lipinski definition) is 2. The van der Waals surface area contributed by atoms with Crippen LogP contribution in [0.5, 0.6) is 5.75 Å². The fraction of sp³-hybridized carbons (Fsp3) is 0.200. The minimum atomic E-state index is -0.627. The third kappa shape index (κ3) is 3.51. The molecule has 0 bridgehead atoms. The second kappa shape index (κ2) is 7.33. The summed E-state index contributed by atoms with van der Waals surface area (Å²) in [5, 5.41) is 13.8. The fourth-order valence-corrected chi connectivity index (χ4v) is 3.13. The van der Waals surface area contributed by atoms with Gasteiger partial charge in [0.15, 0.2) is 0 Å². The number of nitrogens with one attached hydrogen (secondary N) is 1. The molecule has 134 valence electrons. The summed E-state index contributed by atoms with van der Waals surface area (Å²) in [4.78, 5) is 25.7. The van der Waals surface area contributed by atoms with Crippen LogP contribution in [0.15, 0.2) is 57.8 Å². The van der Waals surface area contributed by atoms with E-state index in [2.05, 4.69) is 21.2 Å². The van der Waals surface area contributed by atoms with Crippen LogP contribution in [-0.4, -0.2) is 15.6 Å². The van der Waals surface area contributed by atoms with Gasteiger partial charge in [0.05, 0.1) is 5.52 Å². The number of halogens is 1. The predicted molar refractivity (Wildman–Crippen MR) is 107 cm³/mol. The van der Waals surface area contributed by atoms with Crippen molar-refractivity contribution in [3.8, 4) is 5.75 Å². The van der Waals surface area contributed by atoms with Crippen LogP contribution in [0.2, 0.25) is 0 Å². The number of aromatic hydroxyl groups is 1. The number of nitrogens with zero attached hydrogens (tertiary/aromatic N) is 1. The van der Waals surface area contributed by atoms with Gasteiger partial charge in [-0.05, 0) is 42.3 Å². The molecule has 0 saturated carbocycles. The van der Waals surface area contributed by atoms with Gasteiger partial charge >= 0.3 is 0 Å². The maximum absolute atomic E-state index is 13.0. The topological polar surface area (TPSA) is 71.3 Å². The normalized spacial score (nSPS) is 11.1. The monoisotopic (exact) mass is 414 g/mol. The summed E-state index contributed by atoms with van der Waals surface area (Å²) < 4.78 is 2.43. The van der Waals surface area contributed by atoms with Gasteiger partial charge in [0.25, 0.3) is 11.5 Å². The SMILES string of the molecule is CC(C)Cn1c(=O)c(C(=O)Nc2ccc(Br)cc2)c(O)c2ccccc21. The lowest BCUT2D eigenvalue weighted by molar-refractivity contribution is 0.102. The zero-order valence-corrected chi connectivity index (χ0v) is 16.1. The van der Waals surface area contributed by atoms with Crippen molar-refractivity contribution >= 4 is 38.4 Å². The Kier molecular flexibility index (Phi) is 5.13. The Morgan fingerprint density at radius 1 is 1.15 bits per heavy atom. The summed E-state index contributed by atoms with van der Waals surface area (Å²) in [7, 11) is 0. The van der Waals surface area contributed by atoms with Gasteiger partial charge in [-0.25, -0.2) is 0 Å².